The number of methoxy groups -OCH3 is 1. The van der Waals surface area contributed by atoms with Crippen molar-refractivity contribution in [2.24, 2.45) is 0 Å². The lowest BCUT2D eigenvalue weighted by Gasteiger charge is -2.80. The third kappa shape index (κ3) is 2.48. The highest BCUT2D eigenvalue weighted by atomic mass is 16.5. The van der Waals surface area contributed by atoms with Crippen LogP contribution in [-0.2, 0) is 4.74 Å². The predicted octanol–water partition coefficient (Wildman–Crippen LogP) is -0.416. The number of hydrogen-bond acceptors (Lipinski definition) is 8. The number of hydrogen-bond donors (Lipinski definition) is 6. The molecule has 0 bridgehead atoms. The Morgan fingerprint density at radius 3 is 2.10 bits per heavy atom. The molecule has 2 aliphatic carbocycles. The van der Waals surface area contributed by atoms with E-state index in [1.165, 1.54) is 31.4 Å². The van der Waals surface area contributed by atoms with Gasteiger partial charge in [0.15, 0.2) is 0 Å². The molecule has 8 heteroatoms. The molecule has 2 saturated carbocycles. The third-order valence-corrected chi connectivity index (χ3v) is 7.10. The number of rotatable bonds is 5. The topological polar surface area (TPSA) is 148 Å². The van der Waals surface area contributed by atoms with E-state index in [0.29, 0.717) is 11.1 Å². The lowest BCUT2D eigenvalue weighted by atomic mass is 9.30. The molecule has 166 valence electrons. The SMILES string of the molecule is COC(=O)c1ccc(C2C(O)[C@@]3(O)C(c4ccc(C)cc4)[C@@](O)([C@H](O)CO)[C@@]23O)cc1. The van der Waals surface area contributed by atoms with E-state index in [9.17, 15) is 35.4 Å². The van der Waals surface area contributed by atoms with Crippen molar-refractivity contribution < 1.29 is 40.2 Å². The van der Waals surface area contributed by atoms with E-state index in [1.807, 2.05) is 6.92 Å². The first-order valence-electron chi connectivity index (χ1n) is 9.97. The van der Waals surface area contributed by atoms with Crippen molar-refractivity contribution in [3.63, 3.8) is 0 Å². The van der Waals surface area contributed by atoms with Crippen LogP contribution in [0.2, 0.25) is 0 Å². The first kappa shape index (κ1) is 21.9. The van der Waals surface area contributed by atoms with Crippen molar-refractivity contribution in [3.8, 4) is 0 Å². The van der Waals surface area contributed by atoms with Crippen LogP contribution in [0.15, 0.2) is 48.5 Å². The Bertz CT molecular complexity index is 990. The maximum absolute atomic E-state index is 11.7. The Balaban J connectivity index is 1.79. The van der Waals surface area contributed by atoms with E-state index >= 15 is 0 Å². The fourth-order valence-corrected chi connectivity index (χ4v) is 5.52. The van der Waals surface area contributed by atoms with Crippen LogP contribution in [0, 0.1) is 6.92 Å². The molecule has 0 spiro atoms. The highest BCUT2D eigenvalue weighted by Crippen LogP contribution is 2.75. The zero-order valence-corrected chi connectivity index (χ0v) is 17.1. The van der Waals surface area contributed by atoms with Crippen LogP contribution >= 0.6 is 0 Å². The third-order valence-electron chi connectivity index (χ3n) is 7.10. The summed E-state index contributed by atoms with van der Waals surface area (Å²) >= 11 is 0. The first-order valence-corrected chi connectivity index (χ1v) is 9.97. The number of aryl methyl sites for hydroxylation is 1. The van der Waals surface area contributed by atoms with Crippen molar-refractivity contribution in [2.45, 2.75) is 47.8 Å². The van der Waals surface area contributed by atoms with Crippen LogP contribution in [0.4, 0.5) is 0 Å². The summed E-state index contributed by atoms with van der Waals surface area (Å²) in [5.74, 6) is -2.98. The number of esters is 1. The van der Waals surface area contributed by atoms with Crippen LogP contribution in [0.5, 0.6) is 0 Å². The zero-order valence-electron chi connectivity index (χ0n) is 17.1. The lowest BCUT2D eigenvalue weighted by molar-refractivity contribution is -0.459. The second-order valence-corrected chi connectivity index (χ2v) is 8.50. The molecule has 0 aliphatic heterocycles. The van der Waals surface area contributed by atoms with Crippen molar-refractivity contribution in [2.75, 3.05) is 13.7 Å². The predicted molar refractivity (Wildman–Crippen MR) is 108 cm³/mol. The number of carbonyl (C=O) groups excluding carboxylic acids is 1. The van der Waals surface area contributed by atoms with Gasteiger partial charge in [-0.05, 0) is 30.2 Å². The molecule has 4 rings (SSSR count). The molecular formula is C23H26O8. The van der Waals surface area contributed by atoms with Gasteiger partial charge in [-0.15, -0.1) is 0 Å². The van der Waals surface area contributed by atoms with Crippen molar-refractivity contribution in [3.05, 3.63) is 70.8 Å². The molecule has 2 aliphatic rings. The highest BCUT2D eigenvalue weighted by molar-refractivity contribution is 5.89. The second-order valence-electron chi connectivity index (χ2n) is 8.50. The molecule has 2 fully saturated rings. The molecule has 8 nitrogen and oxygen atoms in total. The molecule has 31 heavy (non-hydrogen) atoms. The molecule has 7 atom stereocenters. The summed E-state index contributed by atoms with van der Waals surface area (Å²) in [6.07, 6.45) is -3.26. The summed E-state index contributed by atoms with van der Waals surface area (Å²) in [5, 5.41) is 65.4. The second kappa shape index (κ2) is 7.09. The molecule has 6 N–H and O–H groups in total. The minimum atomic E-state index is -2.34. The number of carbonyl (C=O) groups is 1. The lowest BCUT2D eigenvalue weighted by Crippen LogP contribution is -2.99. The van der Waals surface area contributed by atoms with E-state index in [-0.39, 0.29) is 5.56 Å². The zero-order chi connectivity index (χ0) is 22.8. The minimum absolute atomic E-state index is 0.249. The number of ether oxygens (including phenoxy) is 1. The van der Waals surface area contributed by atoms with E-state index < -0.39 is 53.4 Å². The average molecular weight is 430 g/mol. The molecule has 2 aromatic rings. The molecule has 0 aromatic heterocycles. The quantitative estimate of drug-likeness (QED) is 0.351. The molecule has 0 amide bonds. The van der Waals surface area contributed by atoms with Crippen molar-refractivity contribution in [1.29, 1.82) is 0 Å². The first-order chi connectivity index (χ1) is 14.6. The summed E-state index contributed by atoms with van der Waals surface area (Å²) in [6, 6.07) is 12.6. The molecule has 0 saturated heterocycles. The van der Waals surface area contributed by atoms with E-state index in [1.54, 1.807) is 24.3 Å². The number of aliphatic hydroxyl groups excluding tert-OH is 3. The van der Waals surface area contributed by atoms with E-state index in [2.05, 4.69) is 4.74 Å². The van der Waals surface area contributed by atoms with Gasteiger partial charge in [-0.25, -0.2) is 4.79 Å². The Hall–Kier alpha value is -2.33. The van der Waals surface area contributed by atoms with Crippen LogP contribution in [0.1, 0.15) is 38.9 Å². The number of aliphatic hydroxyl groups is 6. The molecule has 3 unspecified atom stereocenters. The standard InChI is InChI=1S/C23H26O8/c1-12-3-5-14(6-4-12)18-21(28,16(25)11-24)23(30)17(19(26)22(18,23)29)13-7-9-15(10-8-13)20(27)31-2/h3-10,16-19,24-26,28-30H,11H2,1-2H3/t16-,17?,18?,19?,21+,22+,23+/m1/s1. The van der Waals surface area contributed by atoms with E-state index in [4.69, 9.17) is 0 Å². The summed E-state index contributed by atoms with van der Waals surface area (Å²) in [7, 11) is 1.24. The van der Waals surface area contributed by atoms with Gasteiger partial charge in [0.05, 0.1) is 31.3 Å². The Kier molecular flexibility index (Phi) is 5.01. The monoisotopic (exact) mass is 430 g/mol. The van der Waals surface area contributed by atoms with Crippen molar-refractivity contribution >= 4 is 5.97 Å². The van der Waals surface area contributed by atoms with Gasteiger partial charge in [-0.2, -0.15) is 0 Å². The number of fused-ring (bicyclic) bond motifs is 1. The van der Waals surface area contributed by atoms with Gasteiger partial charge < -0.3 is 35.4 Å². The van der Waals surface area contributed by atoms with Gasteiger partial charge in [0, 0.05) is 5.92 Å². The van der Waals surface area contributed by atoms with E-state index in [0.717, 1.165) is 5.56 Å². The van der Waals surface area contributed by atoms with Crippen molar-refractivity contribution in [1.82, 2.24) is 0 Å². The fraction of sp³-hybridized carbons (Fsp3) is 0.435. The summed E-state index contributed by atoms with van der Waals surface area (Å²) in [5.41, 5.74) is -4.91. The van der Waals surface area contributed by atoms with Gasteiger partial charge >= 0.3 is 5.97 Å². The van der Waals surface area contributed by atoms with Gasteiger partial charge in [0.1, 0.15) is 22.9 Å². The van der Waals surface area contributed by atoms with Gasteiger partial charge in [-0.1, -0.05) is 42.0 Å². The van der Waals surface area contributed by atoms with Gasteiger partial charge in [0.25, 0.3) is 0 Å². The summed E-state index contributed by atoms with van der Waals surface area (Å²) in [6.45, 7) is 0.998. The van der Waals surface area contributed by atoms with Gasteiger partial charge in [-0.3, -0.25) is 0 Å². The van der Waals surface area contributed by atoms with Crippen LogP contribution < -0.4 is 0 Å². The molecule has 0 heterocycles. The summed E-state index contributed by atoms with van der Waals surface area (Å²) in [4.78, 5) is 11.7. The highest BCUT2D eigenvalue weighted by Gasteiger charge is 2.93. The van der Waals surface area contributed by atoms with Gasteiger partial charge in [0.2, 0.25) is 0 Å². The maximum atomic E-state index is 11.7. The Labute approximate surface area is 179 Å². The van der Waals surface area contributed by atoms with Crippen LogP contribution in [0.3, 0.4) is 0 Å². The summed E-state index contributed by atoms with van der Waals surface area (Å²) < 4.78 is 4.66. The van der Waals surface area contributed by atoms with Crippen LogP contribution in [0.25, 0.3) is 0 Å². The molecule has 0 radical (unpaired) electrons. The smallest absolute Gasteiger partial charge is 0.337 e. The Morgan fingerprint density at radius 2 is 1.58 bits per heavy atom. The largest absolute Gasteiger partial charge is 0.465 e. The Morgan fingerprint density at radius 1 is 1.03 bits per heavy atom. The minimum Gasteiger partial charge on any atom is -0.465 e. The fourth-order valence-electron chi connectivity index (χ4n) is 5.52. The molecule has 2 aromatic carbocycles. The molecular weight excluding hydrogens is 404 g/mol. The van der Waals surface area contributed by atoms with Crippen LogP contribution in [-0.4, -0.2) is 79.3 Å². The average Bonchev–Trinajstić information content (AvgIpc) is 2.79. The normalized spacial score (nSPS) is 37.2. The number of benzene rings is 2. The maximum Gasteiger partial charge on any atom is 0.337 e.